The highest BCUT2D eigenvalue weighted by atomic mass is 16.5. The number of rotatable bonds is 5. The molecule has 3 N–H and O–H groups in total. The van der Waals surface area contributed by atoms with E-state index in [9.17, 15) is 0 Å². The molecule has 0 aromatic carbocycles. The highest BCUT2D eigenvalue weighted by Gasteiger charge is 2.16. The van der Waals surface area contributed by atoms with Crippen molar-refractivity contribution in [3.63, 3.8) is 0 Å². The summed E-state index contributed by atoms with van der Waals surface area (Å²) >= 11 is 0. The van der Waals surface area contributed by atoms with Crippen molar-refractivity contribution in [2.45, 2.75) is 26.0 Å². The fourth-order valence-electron chi connectivity index (χ4n) is 1.15. The molecule has 6 nitrogen and oxygen atoms in total. The molecular weight excluding hydrogens is 218 g/mol. The van der Waals surface area contributed by atoms with Gasteiger partial charge in [-0.2, -0.15) is 5.10 Å². The quantitative estimate of drug-likeness (QED) is 0.517. The van der Waals surface area contributed by atoms with E-state index in [1.54, 1.807) is 20.4 Å². The Morgan fingerprint density at radius 1 is 1.53 bits per heavy atom. The topological polar surface area (TPSA) is 74.3 Å². The number of nitrogens with zero attached hydrogens (tertiary/aromatic N) is 2. The molecule has 1 rings (SSSR count). The van der Waals surface area contributed by atoms with Crippen LogP contribution in [-0.2, 0) is 11.3 Å². The molecule has 0 unspecified atom stereocenters. The van der Waals surface area contributed by atoms with Gasteiger partial charge in [-0.25, -0.2) is 0 Å². The molecule has 0 amide bonds. The molecule has 0 saturated heterocycles. The maximum atomic E-state index is 5.32. The number of methoxy groups -OCH3 is 1. The Balaban J connectivity index is 2.35. The van der Waals surface area contributed by atoms with Crippen molar-refractivity contribution < 1.29 is 4.74 Å². The van der Waals surface area contributed by atoms with Crippen LogP contribution in [0, 0.1) is 0 Å². The first-order valence-corrected chi connectivity index (χ1v) is 5.55. The molecule has 0 aliphatic heterocycles. The van der Waals surface area contributed by atoms with Crippen molar-refractivity contribution in [3.05, 3.63) is 18.0 Å². The lowest BCUT2D eigenvalue weighted by Gasteiger charge is -2.24. The first-order chi connectivity index (χ1) is 8.07. The van der Waals surface area contributed by atoms with E-state index in [1.165, 1.54) is 0 Å². The van der Waals surface area contributed by atoms with Gasteiger partial charge in [0.25, 0.3) is 0 Å². The third kappa shape index (κ3) is 4.86. The Hall–Kier alpha value is -1.56. The number of ether oxygens (including phenoxy) is 1. The first-order valence-electron chi connectivity index (χ1n) is 5.55. The highest BCUT2D eigenvalue weighted by Crippen LogP contribution is 2.04. The zero-order chi connectivity index (χ0) is 12.7. The lowest BCUT2D eigenvalue weighted by Crippen LogP contribution is -2.45. The van der Waals surface area contributed by atoms with Gasteiger partial charge in [0.15, 0.2) is 5.96 Å². The molecule has 6 heteroatoms. The van der Waals surface area contributed by atoms with E-state index in [2.05, 4.69) is 25.8 Å². The van der Waals surface area contributed by atoms with Crippen LogP contribution in [0.25, 0.3) is 0 Å². The standard InChI is InChI=1S/C11H21N5O/c1-11(2,17-4)8-14-10(12-3)13-7-9-5-6-15-16-9/h5-6H,7-8H2,1-4H3,(H,15,16)(H2,12,13,14). The average molecular weight is 239 g/mol. The van der Waals surface area contributed by atoms with Crippen molar-refractivity contribution in [1.29, 1.82) is 0 Å². The van der Waals surface area contributed by atoms with Gasteiger partial charge < -0.3 is 15.4 Å². The van der Waals surface area contributed by atoms with E-state index in [0.717, 1.165) is 11.7 Å². The summed E-state index contributed by atoms with van der Waals surface area (Å²) in [7, 11) is 3.44. The summed E-state index contributed by atoms with van der Waals surface area (Å²) in [5.41, 5.74) is 0.796. The van der Waals surface area contributed by atoms with Crippen LogP contribution in [0.2, 0.25) is 0 Å². The Labute approximate surface area is 102 Å². The molecule has 0 aliphatic rings. The zero-order valence-electron chi connectivity index (χ0n) is 10.9. The molecule has 0 atom stereocenters. The fourth-order valence-corrected chi connectivity index (χ4v) is 1.15. The van der Waals surface area contributed by atoms with Crippen LogP contribution in [0.4, 0.5) is 0 Å². The minimum atomic E-state index is -0.217. The van der Waals surface area contributed by atoms with Gasteiger partial charge >= 0.3 is 0 Å². The number of hydrogen-bond acceptors (Lipinski definition) is 3. The van der Waals surface area contributed by atoms with Gasteiger partial charge in [0.05, 0.1) is 17.8 Å². The molecule has 0 radical (unpaired) electrons. The molecule has 0 aliphatic carbocycles. The second kappa shape index (κ2) is 6.24. The number of guanidine groups is 1. The number of aromatic amines is 1. The summed E-state index contributed by atoms with van der Waals surface area (Å²) in [6.07, 6.45) is 1.72. The van der Waals surface area contributed by atoms with Crippen LogP contribution in [0.3, 0.4) is 0 Å². The highest BCUT2D eigenvalue weighted by molar-refractivity contribution is 5.79. The molecule has 96 valence electrons. The van der Waals surface area contributed by atoms with Gasteiger partial charge in [0, 0.05) is 26.9 Å². The molecule has 1 aromatic heterocycles. The van der Waals surface area contributed by atoms with Gasteiger partial charge in [-0.15, -0.1) is 0 Å². The Bertz CT molecular complexity index is 345. The SMILES string of the molecule is CN=C(NCc1ccn[nH]1)NCC(C)(C)OC. The summed E-state index contributed by atoms with van der Waals surface area (Å²) in [5, 5.41) is 13.1. The maximum absolute atomic E-state index is 5.32. The summed E-state index contributed by atoms with van der Waals surface area (Å²) in [6, 6.07) is 1.92. The number of aromatic nitrogens is 2. The Morgan fingerprint density at radius 2 is 2.29 bits per heavy atom. The van der Waals surface area contributed by atoms with Gasteiger partial charge in [-0.3, -0.25) is 10.1 Å². The minimum absolute atomic E-state index is 0.217. The maximum Gasteiger partial charge on any atom is 0.191 e. The van der Waals surface area contributed by atoms with Crippen LogP contribution in [-0.4, -0.2) is 42.5 Å². The van der Waals surface area contributed by atoms with Crippen LogP contribution < -0.4 is 10.6 Å². The predicted molar refractivity (Wildman–Crippen MR) is 67.9 cm³/mol. The summed E-state index contributed by atoms with van der Waals surface area (Å²) in [4.78, 5) is 4.13. The van der Waals surface area contributed by atoms with E-state index in [-0.39, 0.29) is 5.60 Å². The third-order valence-electron chi connectivity index (χ3n) is 2.46. The van der Waals surface area contributed by atoms with Crippen molar-refractivity contribution in [2.24, 2.45) is 4.99 Å². The predicted octanol–water partition coefficient (Wildman–Crippen LogP) is 0.500. The minimum Gasteiger partial charge on any atom is -0.377 e. The fraction of sp³-hybridized carbons (Fsp3) is 0.636. The lowest BCUT2D eigenvalue weighted by atomic mass is 10.1. The Morgan fingerprint density at radius 3 is 2.82 bits per heavy atom. The zero-order valence-corrected chi connectivity index (χ0v) is 10.9. The van der Waals surface area contributed by atoms with Gasteiger partial charge in [-0.05, 0) is 19.9 Å². The average Bonchev–Trinajstić information content (AvgIpc) is 2.82. The van der Waals surface area contributed by atoms with Crippen molar-refractivity contribution in [1.82, 2.24) is 20.8 Å². The van der Waals surface area contributed by atoms with E-state index < -0.39 is 0 Å². The monoisotopic (exact) mass is 239 g/mol. The molecule has 17 heavy (non-hydrogen) atoms. The largest absolute Gasteiger partial charge is 0.377 e. The summed E-state index contributed by atoms with van der Waals surface area (Å²) < 4.78 is 5.32. The lowest BCUT2D eigenvalue weighted by molar-refractivity contribution is 0.0268. The van der Waals surface area contributed by atoms with E-state index in [0.29, 0.717) is 13.1 Å². The van der Waals surface area contributed by atoms with Gasteiger partial charge in [-0.1, -0.05) is 0 Å². The molecule has 1 aromatic rings. The van der Waals surface area contributed by atoms with Crippen LogP contribution in [0.5, 0.6) is 0 Å². The van der Waals surface area contributed by atoms with E-state index in [4.69, 9.17) is 4.74 Å². The first kappa shape index (κ1) is 13.5. The smallest absolute Gasteiger partial charge is 0.191 e. The van der Waals surface area contributed by atoms with Crippen molar-refractivity contribution in [2.75, 3.05) is 20.7 Å². The molecular formula is C11H21N5O. The van der Waals surface area contributed by atoms with Gasteiger partial charge in [0.2, 0.25) is 0 Å². The molecule has 0 bridgehead atoms. The second-order valence-corrected chi connectivity index (χ2v) is 4.33. The van der Waals surface area contributed by atoms with Crippen molar-refractivity contribution >= 4 is 5.96 Å². The number of H-pyrrole nitrogens is 1. The van der Waals surface area contributed by atoms with Crippen LogP contribution >= 0.6 is 0 Å². The molecule has 0 spiro atoms. The second-order valence-electron chi connectivity index (χ2n) is 4.33. The number of nitrogens with one attached hydrogen (secondary N) is 3. The van der Waals surface area contributed by atoms with E-state index >= 15 is 0 Å². The number of aliphatic imine (C=N–C) groups is 1. The normalized spacial score (nSPS) is 12.6. The van der Waals surface area contributed by atoms with Gasteiger partial charge in [0.1, 0.15) is 0 Å². The molecule has 0 saturated carbocycles. The molecule has 1 heterocycles. The Kier molecular flexibility index (Phi) is 4.96. The van der Waals surface area contributed by atoms with Crippen LogP contribution in [0.1, 0.15) is 19.5 Å². The summed E-state index contributed by atoms with van der Waals surface area (Å²) in [6.45, 7) is 5.38. The van der Waals surface area contributed by atoms with Crippen molar-refractivity contribution in [3.8, 4) is 0 Å². The number of hydrogen-bond donors (Lipinski definition) is 3. The summed E-state index contributed by atoms with van der Waals surface area (Å²) in [5.74, 6) is 0.740. The third-order valence-corrected chi connectivity index (χ3v) is 2.46. The van der Waals surface area contributed by atoms with E-state index in [1.807, 2.05) is 19.9 Å². The molecule has 0 fully saturated rings. The van der Waals surface area contributed by atoms with Crippen LogP contribution in [0.15, 0.2) is 17.3 Å².